The summed E-state index contributed by atoms with van der Waals surface area (Å²) < 4.78 is 0. The maximum absolute atomic E-state index is 12.6. The number of carbonyl (C=O) groups excluding carboxylic acids is 2. The highest BCUT2D eigenvalue weighted by atomic mass is 16.2. The third-order valence-electron chi connectivity index (χ3n) is 4.58. The molecule has 3 rings (SSSR count). The van der Waals surface area contributed by atoms with Crippen molar-refractivity contribution in [3.63, 3.8) is 0 Å². The van der Waals surface area contributed by atoms with Gasteiger partial charge < -0.3 is 9.80 Å². The topological polar surface area (TPSA) is 40.6 Å². The van der Waals surface area contributed by atoms with Crippen LogP contribution in [0.2, 0.25) is 0 Å². The van der Waals surface area contributed by atoms with Gasteiger partial charge in [-0.05, 0) is 43.5 Å². The maximum Gasteiger partial charge on any atom is 0.316 e. The van der Waals surface area contributed by atoms with Gasteiger partial charge in [-0.25, -0.2) is 0 Å². The number of para-hydroxylation sites is 1. The Morgan fingerprint density at radius 2 is 1.62 bits per heavy atom. The number of rotatable bonds is 3. The first kappa shape index (κ1) is 16.2. The highest BCUT2D eigenvalue weighted by molar-refractivity contribution is 6.41. The van der Waals surface area contributed by atoms with Crippen molar-refractivity contribution >= 4 is 17.5 Å². The molecule has 1 aliphatic heterocycles. The maximum atomic E-state index is 12.6. The Labute approximate surface area is 142 Å². The highest BCUT2D eigenvalue weighted by Crippen LogP contribution is 2.23. The first-order valence-corrected chi connectivity index (χ1v) is 8.20. The predicted octanol–water partition coefficient (Wildman–Crippen LogP) is 2.99. The number of nitrogens with zero attached hydrogens (tertiary/aromatic N) is 2. The van der Waals surface area contributed by atoms with Crippen molar-refractivity contribution < 1.29 is 9.59 Å². The van der Waals surface area contributed by atoms with E-state index in [1.807, 2.05) is 45.0 Å². The van der Waals surface area contributed by atoms with Crippen molar-refractivity contribution in [3.05, 3.63) is 64.7 Å². The largest absolute Gasteiger partial charge is 0.328 e. The van der Waals surface area contributed by atoms with Crippen LogP contribution in [0.3, 0.4) is 0 Å². The minimum Gasteiger partial charge on any atom is -0.328 e. The third-order valence-corrected chi connectivity index (χ3v) is 4.58. The van der Waals surface area contributed by atoms with E-state index < -0.39 is 11.8 Å². The molecule has 24 heavy (non-hydrogen) atoms. The second-order valence-electron chi connectivity index (χ2n) is 6.40. The Morgan fingerprint density at radius 1 is 0.875 bits per heavy atom. The molecule has 0 aliphatic carbocycles. The Hall–Kier alpha value is -2.62. The van der Waals surface area contributed by atoms with Crippen molar-refractivity contribution in [2.24, 2.45) is 0 Å². The normalized spacial score (nSPS) is 15.1. The summed E-state index contributed by atoms with van der Waals surface area (Å²) >= 11 is 0. The summed E-state index contributed by atoms with van der Waals surface area (Å²) in [6, 6.07) is 13.9. The van der Waals surface area contributed by atoms with Crippen LogP contribution >= 0.6 is 0 Å². The van der Waals surface area contributed by atoms with Gasteiger partial charge in [0.05, 0.1) is 0 Å². The molecule has 0 spiro atoms. The van der Waals surface area contributed by atoms with Gasteiger partial charge in [0.2, 0.25) is 0 Å². The SMILES string of the molecule is Cc1ccc(C)c(CN2CCN(c3ccccc3C)C(=O)C2=O)c1. The van der Waals surface area contributed by atoms with Gasteiger partial charge in [-0.3, -0.25) is 9.59 Å². The fourth-order valence-corrected chi connectivity index (χ4v) is 3.10. The zero-order valence-corrected chi connectivity index (χ0v) is 14.4. The van der Waals surface area contributed by atoms with Gasteiger partial charge in [0, 0.05) is 25.3 Å². The zero-order valence-electron chi connectivity index (χ0n) is 14.4. The van der Waals surface area contributed by atoms with Gasteiger partial charge >= 0.3 is 11.8 Å². The third kappa shape index (κ3) is 3.04. The molecular formula is C20H22N2O2. The smallest absolute Gasteiger partial charge is 0.316 e. The summed E-state index contributed by atoms with van der Waals surface area (Å²) in [5.74, 6) is -0.869. The van der Waals surface area contributed by atoms with Crippen LogP contribution in [0.15, 0.2) is 42.5 Å². The number of hydrogen-bond acceptors (Lipinski definition) is 2. The average molecular weight is 322 g/mol. The summed E-state index contributed by atoms with van der Waals surface area (Å²) in [5, 5.41) is 0. The summed E-state index contributed by atoms with van der Waals surface area (Å²) in [6.45, 7) is 7.58. The number of piperazine rings is 1. The van der Waals surface area contributed by atoms with E-state index in [1.54, 1.807) is 9.80 Å². The minimum absolute atomic E-state index is 0.426. The summed E-state index contributed by atoms with van der Waals surface area (Å²) in [6.07, 6.45) is 0. The van der Waals surface area contributed by atoms with E-state index in [2.05, 4.69) is 18.2 Å². The lowest BCUT2D eigenvalue weighted by molar-refractivity contribution is -0.146. The van der Waals surface area contributed by atoms with E-state index in [1.165, 1.54) is 0 Å². The van der Waals surface area contributed by atoms with E-state index >= 15 is 0 Å². The molecule has 2 aromatic carbocycles. The molecule has 0 saturated carbocycles. The van der Waals surface area contributed by atoms with Crippen molar-refractivity contribution in [3.8, 4) is 0 Å². The molecule has 4 heteroatoms. The Kier molecular flexibility index (Phi) is 4.38. The molecule has 0 radical (unpaired) electrons. The van der Waals surface area contributed by atoms with Crippen LogP contribution in [0.25, 0.3) is 0 Å². The summed E-state index contributed by atoms with van der Waals surface area (Å²) in [4.78, 5) is 28.4. The second kappa shape index (κ2) is 6.48. The molecule has 4 nitrogen and oxygen atoms in total. The summed E-state index contributed by atoms with van der Waals surface area (Å²) in [7, 11) is 0. The minimum atomic E-state index is -0.444. The molecular weight excluding hydrogens is 300 g/mol. The highest BCUT2D eigenvalue weighted by Gasteiger charge is 2.33. The lowest BCUT2D eigenvalue weighted by Gasteiger charge is -2.34. The van der Waals surface area contributed by atoms with Crippen molar-refractivity contribution in [2.45, 2.75) is 27.3 Å². The van der Waals surface area contributed by atoms with E-state index in [4.69, 9.17) is 0 Å². The van der Waals surface area contributed by atoms with Gasteiger partial charge in [0.15, 0.2) is 0 Å². The average Bonchev–Trinajstić information content (AvgIpc) is 2.56. The first-order valence-electron chi connectivity index (χ1n) is 8.20. The second-order valence-corrected chi connectivity index (χ2v) is 6.40. The molecule has 1 fully saturated rings. The van der Waals surface area contributed by atoms with Crippen molar-refractivity contribution in [2.75, 3.05) is 18.0 Å². The fourth-order valence-electron chi connectivity index (χ4n) is 3.10. The molecule has 0 N–H and O–H groups in total. The van der Waals surface area contributed by atoms with Crippen LogP contribution < -0.4 is 4.90 Å². The van der Waals surface area contributed by atoms with E-state index in [0.29, 0.717) is 19.6 Å². The van der Waals surface area contributed by atoms with Crippen LogP contribution in [0, 0.1) is 20.8 Å². The molecule has 2 amide bonds. The fraction of sp³-hybridized carbons (Fsp3) is 0.300. The van der Waals surface area contributed by atoms with Gasteiger partial charge in [-0.1, -0.05) is 42.0 Å². The molecule has 1 aliphatic rings. The number of benzene rings is 2. The van der Waals surface area contributed by atoms with Crippen molar-refractivity contribution in [1.82, 2.24) is 4.90 Å². The van der Waals surface area contributed by atoms with Gasteiger partial charge in [0.25, 0.3) is 0 Å². The van der Waals surface area contributed by atoms with Crippen LogP contribution in [-0.2, 0) is 16.1 Å². The lowest BCUT2D eigenvalue weighted by atomic mass is 10.0. The van der Waals surface area contributed by atoms with Crippen LogP contribution in [0.5, 0.6) is 0 Å². The number of hydrogen-bond donors (Lipinski definition) is 0. The number of aryl methyl sites for hydroxylation is 3. The predicted molar refractivity (Wildman–Crippen MR) is 94.9 cm³/mol. The number of anilines is 1. The molecule has 2 aromatic rings. The standard InChI is InChI=1S/C20H22N2O2/c1-14-8-9-15(2)17(12-14)13-21-10-11-22(20(24)19(21)23)18-7-5-4-6-16(18)3/h4-9,12H,10-11,13H2,1-3H3. The quantitative estimate of drug-likeness (QED) is 0.815. The molecule has 0 atom stereocenters. The monoisotopic (exact) mass is 322 g/mol. The molecule has 0 aromatic heterocycles. The lowest BCUT2D eigenvalue weighted by Crippen LogP contribution is -2.54. The molecule has 124 valence electrons. The van der Waals surface area contributed by atoms with E-state index in [9.17, 15) is 9.59 Å². The van der Waals surface area contributed by atoms with E-state index in [-0.39, 0.29) is 0 Å². The number of amides is 2. The van der Waals surface area contributed by atoms with E-state index in [0.717, 1.165) is 27.9 Å². The van der Waals surface area contributed by atoms with Crippen LogP contribution in [0.4, 0.5) is 5.69 Å². The van der Waals surface area contributed by atoms with Crippen LogP contribution in [-0.4, -0.2) is 29.8 Å². The summed E-state index contributed by atoms with van der Waals surface area (Å²) in [5.41, 5.74) is 5.22. The Bertz CT molecular complexity index is 798. The Balaban J connectivity index is 1.79. The molecule has 0 unspecified atom stereocenters. The molecule has 1 heterocycles. The van der Waals surface area contributed by atoms with Gasteiger partial charge in [0.1, 0.15) is 0 Å². The van der Waals surface area contributed by atoms with Crippen molar-refractivity contribution in [1.29, 1.82) is 0 Å². The Morgan fingerprint density at radius 3 is 2.38 bits per heavy atom. The first-order chi connectivity index (χ1) is 11.5. The molecule has 0 bridgehead atoms. The molecule has 1 saturated heterocycles. The van der Waals surface area contributed by atoms with Gasteiger partial charge in [-0.15, -0.1) is 0 Å². The zero-order chi connectivity index (χ0) is 17.3. The number of carbonyl (C=O) groups is 2. The van der Waals surface area contributed by atoms with Gasteiger partial charge in [-0.2, -0.15) is 0 Å². The van der Waals surface area contributed by atoms with Crippen LogP contribution in [0.1, 0.15) is 22.3 Å².